The lowest BCUT2D eigenvalue weighted by molar-refractivity contribution is -0.116. The summed E-state index contributed by atoms with van der Waals surface area (Å²) < 4.78 is 10.2. The van der Waals surface area contributed by atoms with Gasteiger partial charge < -0.3 is 20.1 Å². The third-order valence-electron chi connectivity index (χ3n) is 3.92. The number of morpholine rings is 1. The first-order chi connectivity index (χ1) is 12.2. The number of nitrogens with one attached hydrogen (secondary N) is 2. The van der Waals surface area contributed by atoms with E-state index in [1.807, 2.05) is 0 Å². The number of hydrogen-bond donors (Lipinski definition) is 2. The molecule has 1 aromatic carbocycles. The van der Waals surface area contributed by atoms with Crippen molar-refractivity contribution in [1.82, 2.24) is 10.2 Å². The van der Waals surface area contributed by atoms with E-state index in [1.54, 1.807) is 31.2 Å². The van der Waals surface area contributed by atoms with Gasteiger partial charge in [0.2, 0.25) is 5.91 Å². The molecule has 0 saturated carbocycles. The Hall–Kier alpha value is -1.96. The van der Waals surface area contributed by atoms with Crippen LogP contribution in [0.2, 0.25) is 0 Å². The Morgan fingerprint density at radius 1 is 1.16 bits per heavy atom. The van der Waals surface area contributed by atoms with Crippen molar-refractivity contribution in [3.8, 4) is 0 Å². The van der Waals surface area contributed by atoms with E-state index in [0.29, 0.717) is 30.8 Å². The van der Waals surface area contributed by atoms with E-state index in [2.05, 4.69) is 15.5 Å². The number of amides is 1. The van der Waals surface area contributed by atoms with Gasteiger partial charge >= 0.3 is 5.97 Å². The molecule has 1 aliphatic heterocycles. The lowest BCUT2D eigenvalue weighted by atomic mass is 10.2. The van der Waals surface area contributed by atoms with Crippen LogP contribution < -0.4 is 10.6 Å². The zero-order chi connectivity index (χ0) is 17.9. The molecule has 0 aromatic heterocycles. The first kappa shape index (κ1) is 19.4. The number of esters is 1. The molecule has 1 heterocycles. The monoisotopic (exact) mass is 349 g/mol. The summed E-state index contributed by atoms with van der Waals surface area (Å²) in [5, 5.41) is 6.11. The summed E-state index contributed by atoms with van der Waals surface area (Å²) in [6, 6.07) is 6.70. The number of ether oxygens (including phenoxy) is 2. The molecule has 2 N–H and O–H groups in total. The van der Waals surface area contributed by atoms with Crippen molar-refractivity contribution in [3.63, 3.8) is 0 Å². The van der Waals surface area contributed by atoms with Gasteiger partial charge in [-0.05, 0) is 31.2 Å². The lowest BCUT2D eigenvalue weighted by Gasteiger charge is -2.26. The highest BCUT2D eigenvalue weighted by molar-refractivity contribution is 5.93. The van der Waals surface area contributed by atoms with Crippen LogP contribution >= 0.6 is 0 Å². The fraction of sp³-hybridized carbons (Fsp3) is 0.556. The highest BCUT2D eigenvalue weighted by Crippen LogP contribution is 2.10. The van der Waals surface area contributed by atoms with Crippen LogP contribution in [0.3, 0.4) is 0 Å². The zero-order valence-corrected chi connectivity index (χ0v) is 14.8. The summed E-state index contributed by atoms with van der Waals surface area (Å²) in [6.07, 6.45) is 0.405. The Kier molecular flexibility index (Phi) is 8.38. The molecule has 1 saturated heterocycles. The normalized spacial score (nSPS) is 14.9. The predicted molar refractivity (Wildman–Crippen MR) is 95.8 cm³/mol. The zero-order valence-electron chi connectivity index (χ0n) is 14.8. The van der Waals surface area contributed by atoms with Gasteiger partial charge in [0.05, 0.1) is 25.4 Å². The Bertz CT molecular complexity index is 542. The smallest absolute Gasteiger partial charge is 0.338 e. The lowest BCUT2D eigenvalue weighted by Crippen LogP contribution is -2.40. The van der Waals surface area contributed by atoms with E-state index in [-0.39, 0.29) is 11.9 Å². The minimum Gasteiger partial charge on any atom is -0.462 e. The van der Waals surface area contributed by atoms with E-state index in [1.165, 1.54) is 0 Å². The maximum absolute atomic E-state index is 11.9. The number of benzene rings is 1. The molecule has 0 aliphatic carbocycles. The SMILES string of the molecule is CCOC(=O)c1ccc(NC(=O)CCNCCN2CCOCC2)cc1. The molecule has 1 fully saturated rings. The Balaban J connectivity index is 1.60. The average Bonchev–Trinajstić information content (AvgIpc) is 2.63. The average molecular weight is 349 g/mol. The van der Waals surface area contributed by atoms with E-state index < -0.39 is 0 Å². The molecular weight excluding hydrogens is 322 g/mol. The molecule has 25 heavy (non-hydrogen) atoms. The van der Waals surface area contributed by atoms with Crippen LogP contribution in [0.4, 0.5) is 5.69 Å². The van der Waals surface area contributed by atoms with Crippen molar-refractivity contribution in [3.05, 3.63) is 29.8 Å². The van der Waals surface area contributed by atoms with Crippen molar-refractivity contribution in [2.75, 3.05) is 57.9 Å². The maximum Gasteiger partial charge on any atom is 0.338 e. The molecule has 0 spiro atoms. The number of carbonyl (C=O) groups is 2. The first-order valence-corrected chi connectivity index (χ1v) is 8.77. The van der Waals surface area contributed by atoms with Crippen LogP contribution in [0, 0.1) is 0 Å². The van der Waals surface area contributed by atoms with Gasteiger partial charge in [-0.15, -0.1) is 0 Å². The standard InChI is InChI=1S/C18H27N3O4/c1-2-25-18(23)15-3-5-16(6-4-15)20-17(22)7-8-19-9-10-21-11-13-24-14-12-21/h3-6,19H,2,7-14H2,1H3,(H,20,22). The fourth-order valence-electron chi connectivity index (χ4n) is 2.52. The molecule has 1 aliphatic rings. The summed E-state index contributed by atoms with van der Waals surface area (Å²) >= 11 is 0. The molecule has 2 rings (SSSR count). The summed E-state index contributed by atoms with van der Waals surface area (Å²) in [7, 11) is 0. The second-order valence-corrected chi connectivity index (χ2v) is 5.80. The minimum absolute atomic E-state index is 0.0530. The van der Waals surface area contributed by atoms with Gasteiger partial charge in [-0.1, -0.05) is 0 Å². The largest absolute Gasteiger partial charge is 0.462 e. The number of hydrogen-bond acceptors (Lipinski definition) is 6. The van der Waals surface area contributed by atoms with Crippen LogP contribution in [0.15, 0.2) is 24.3 Å². The Morgan fingerprint density at radius 3 is 2.56 bits per heavy atom. The molecule has 7 nitrogen and oxygen atoms in total. The quantitative estimate of drug-likeness (QED) is 0.514. The topological polar surface area (TPSA) is 79.9 Å². The molecule has 138 valence electrons. The van der Waals surface area contributed by atoms with Crippen LogP contribution in [-0.4, -0.2) is 69.3 Å². The first-order valence-electron chi connectivity index (χ1n) is 8.77. The molecule has 0 radical (unpaired) electrons. The number of anilines is 1. The minimum atomic E-state index is -0.357. The molecule has 0 unspecified atom stereocenters. The Labute approximate surface area is 148 Å². The third kappa shape index (κ3) is 7.21. The van der Waals surface area contributed by atoms with E-state index in [0.717, 1.165) is 39.4 Å². The number of carbonyl (C=O) groups excluding carboxylic acids is 2. The predicted octanol–water partition coefficient (Wildman–Crippen LogP) is 1.11. The van der Waals surface area contributed by atoms with Gasteiger partial charge in [-0.2, -0.15) is 0 Å². The summed E-state index contributed by atoms with van der Waals surface area (Å²) in [4.78, 5) is 25.8. The van der Waals surface area contributed by atoms with E-state index in [4.69, 9.17) is 9.47 Å². The van der Waals surface area contributed by atoms with Gasteiger partial charge in [0, 0.05) is 44.8 Å². The highest BCUT2D eigenvalue weighted by atomic mass is 16.5. The van der Waals surface area contributed by atoms with Gasteiger partial charge in [-0.25, -0.2) is 4.79 Å². The van der Waals surface area contributed by atoms with Gasteiger partial charge in [0.25, 0.3) is 0 Å². The second-order valence-electron chi connectivity index (χ2n) is 5.80. The summed E-state index contributed by atoms with van der Waals surface area (Å²) in [5.74, 6) is -0.410. The second kappa shape index (κ2) is 10.8. The third-order valence-corrected chi connectivity index (χ3v) is 3.92. The molecular formula is C18H27N3O4. The van der Waals surface area contributed by atoms with Gasteiger partial charge in [0.1, 0.15) is 0 Å². The summed E-state index contributed by atoms with van der Waals surface area (Å²) in [5.41, 5.74) is 1.15. The van der Waals surface area contributed by atoms with Crippen LogP contribution in [0.1, 0.15) is 23.7 Å². The fourth-order valence-corrected chi connectivity index (χ4v) is 2.52. The van der Waals surface area contributed by atoms with Crippen molar-refractivity contribution in [1.29, 1.82) is 0 Å². The van der Waals surface area contributed by atoms with E-state index >= 15 is 0 Å². The van der Waals surface area contributed by atoms with Gasteiger partial charge in [0.15, 0.2) is 0 Å². The molecule has 0 atom stereocenters. The van der Waals surface area contributed by atoms with E-state index in [9.17, 15) is 9.59 Å². The van der Waals surface area contributed by atoms with Crippen LogP contribution in [-0.2, 0) is 14.3 Å². The maximum atomic E-state index is 11.9. The van der Waals surface area contributed by atoms with Crippen LogP contribution in [0.5, 0.6) is 0 Å². The molecule has 7 heteroatoms. The molecule has 1 amide bonds. The van der Waals surface area contributed by atoms with Crippen molar-refractivity contribution in [2.24, 2.45) is 0 Å². The van der Waals surface area contributed by atoms with Crippen molar-refractivity contribution in [2.45, 2.75) is 13.3 Å². The molecule has 1 aromatic rings. The molecule has 0 bridgehead atoms. The van der Waals surface area contributed by atoms with Gasteiger partial charge in [-0.3, -0.25) is 9.69 Å². The van der Waals surface area contributed by atoms with Crippen LogP contribution in [0.25, 0.3) is 0 Å². The van der Waals surface area contributed by atoms with Crippen molar-refractivity contribution < 1.29 is 19.1 Å². The number of rotatable bonds is 9. The van der Waals surface area contributed by atoms with Crippen molar-refractivity contribution >= 4 is 17.6 Å². The Morgan fingerprint density at radius 2 is 1.88 bits per heavy atom. The summed E-state index contributed by atoms with van der Waals surface area (Å²) in [6.45, 7) is 8.14. The number of nitrogens with zero attached hydrogens (tertiary/aromatic N) is 1. The highest BCUT2D eigenvalue weighted by Gasteiger charge is 2.09.